The minimum absolute atomic E-state index is 0.0196. The Bertz CT molecular complexity index is 346. The lowest BCUT2D eigenvalue weighted by atomic mass is 9.49. The maximum absolute atomic E-state index is 11.1. The average molecular weight is 318 g/mol. The van der Waals surface area contributed by atoms with E-state index in [1.165, 1.54) is 96.3 Å². The first-order valence-electron chi connectivity index (χ1n) is 10.9. The molecule has 0 amide bonds. The molecule has 0 aromatic heterocycles. The van der Waals surface area contributed by atoms with Gasteiger partial charge in [-0.15, -0.1) is 0 Å². The van der Waals surface area contributed by atoms with E-state index in [0.29, 0.717) is 11.2 Å². The van der Waals surface area contributed by atoms with Gasteiger partial charge in [0.05, 0.1) is 6.10 Å². The normalized spacial score (nSPS) is 39.9. The highest BCUT2D eigenvalue weighted by Crippen LogP contribution is 2.55. The summed E-state index contributed by atoms with van der Waals surface area (Å²) in [4.78, 5) is 0. The van der Waals surface area contributed by atoms with Crippen molar-refractivity contribution in [2.24, 2.45) is 17.8 Å². The van der Waals surface area contributed by atoms with E-state index in [1.54, 1.807) is 0 Å². The Labute approximate surface area is 145 Å². The molecule has 3 aliphatic carbocycles. The summed E-state index contributed by atoms with van der Waals surface area (Å²) in [5.41, 5.74) is 0. The van der Waals surface area contributed by atoms with Gasteiger partial charge in [-0.05, 0) is 30.6 Å². The van der Waals surface area contributed by atoms with Crippen molar-refractivity contribution >= 4 is 7.85 Å². The molecular weight excluding hydrogens is 279 g/mol. The average Bonchev–Trinajstić information content (AvgIpc) is 2.63. The third kappa shape index (κ3) is 4.36. The number of hydrogen-bond donors (Lipinski definition) is 1. The second kappa shape index (κ2) is 8.41. The lowest BCUT2D eigenvalue weighted by molar-refractivity contribution is 0.0144. The minimum Gasteiger partial charge on any atom is -0.393 e. The van der Waals surface area contributed by atoms with E-state index in [4.69, 9.17) is 0 Å². The number of rotatable bonds is 1. The number of aliphatic hydroxyl groups excluding tert-OH is 1. The molecule has 132 valence electrons. The first kappa shape index (κ1) is 17.8. The van der Waals surface area contributed by atoms with Gasteiger partial charge in [-0.3, -0.25) is 0 Å². The van der Waals surface area contributed by atoms with Crippen molar-refractivity contribution in [3.63, 3.8) is 0 Å². The summed E-state index contributed by atoms with van der Waals surface area (Å²) in [5, 5.41) is 11.5. The van der Waals surface area contributed by atoms with Gasteiger partial charge < -0.3 is 5.11 Å². The van der Waals surface area contributed by atoms with Crippen molar-refractivity contribution in [1.82, 2.24) is 0 Å². The van der Waals surface area contributed by atoms with E-state index in [2.05, 4.69) is 7.85 Å². The van der Waals surface area contributed by atoms with Gasteiger partial charge in [-0.2, -0.15) is 0 Å². The fraction of sp³-hybridized carbons (Fsp3) is 1.00. The van der Waals surface area contributed by atoms with Gasteiger partial charge in [0.15, 0.2) is 0 Å². The molecule has 0 aromatic carbocycles. The predicted octanol–water partition coefficient (Wildman–Crippen LogP) is 5.27. The topological polar surface area (TPSA) is 20.2 Å². The summed E-state index contributed by atoms with van der Waals surface area (Å²) in [5.74, 6) is 2.32. The third-order valence-electron chi connectivity index (χ3n) is 7.72. The molecule has 23 heavy (non-hydrogen) atoms. The highest BCUT2D eigenvalue weighted by Gasteiger charge is 2.46. The quantitative estimate of drug-likeness (QED) is 0.653. The summed E-state index contributed by atoms with van der Waals surface area (Å²) >= 11 is 0. The van der Waals surface area contributed by atoms with Crippen molar-refractivity contribution in [3.8, 4) is 0 Å². The zero-order chi connectivity index (χ0) is 16.1. The monoisotopic (exact) mass is 318 g/mol. The predicted molar refractivity (Wildman–Crippen MR) is 102 cm³/mol. The lowest BCUT2D eigenvalue weighted by Crippen LogP contribution is -2.41. The first-order chi connectivity index (χ1) is 11.2. The van der Waals surface area contributed by atoms with Crippen LogP contribution in [0.25, 0.3) is 0 Å². The van der Waals surface area contributed by atoms with Gasteiger partial charge in [-0.1, -0.05) is 95.2 Å². The van der Waals surface area contributed by atoms with E-state index in [0.717, 1.165) is 18.3 Å². The van der Waals surface area contributed by atoms with Crippen LogP contribution in [0.3, 0.4) is 0 Å². The van der Waals surface area contributed by atoms with Gasteiger partial charge in [0, 0.05) is 0 Å². The SMILES string of the molecule is BC1(C2C(O)CCCC3CCCCCCC32)CCCCCCC1. The Hall–Kier alpha value is 0.0249. The summed E-state index contributed by atoms with van der Waals surface area (Å²) in [6, 6.07) is 0. The van der Waals surface area contributed by atoms with Gasteiger partial charge >= 0.3 is 0 Å². The summed E-state index contributed by atoms with van der Waals surface area (Å²) in [6.45, 7) is 0. The van der Waals surface area contributed by atoms with E-state index >= 15 is 0 Å². The molecule has 1 N–H and O–H groups in total. The molecule has 0 aromatic rings. The fourth-order valence-corrected chi connectivity index (χ4v) is 6.50. The minimum atomic E-state index is -0.0196. The third-order valence-corrected chi connectivity index (χ3v) is 7.72. The van der Waals surface area contributed by atoms with Crippen LogP contribution in [0, 0.1) is 17.8 Å². The van der Waals surface area contributed by atoms with Crippen LogP contribution in [-0.2, 0) is 0 Å². The van der Waals surface area contributed by atoms with E-state index in [1.807, 2.05) is 0 Å². The van der Waals surface area contributed by atoms with Crippen molar-refractivity contribution < 1.29 is 5.11 Å². The van der Waals surface area contributed by atoms with Gasteiger partial charge in [0.1, 0.15) is 7.85 Å². The zero-order valence-corrected chi connectivity index (χ0v) is 15.6. The van der Waals surface area contributed by atoms with Crippen LogP contribution in [-0.4, -0.2) is 19.1 Å². The van der Waals surface area contributed by atoms with Crippen LogP contribution in [0.5, 0.6) is 0 Å². The van der Waals surface area contributed by atoms with Crippen molar-refractivity contribution in [3.05, 3.63) is 0 Å². The van der Waals surface area contributed by atoms with Crippen LogP contribution in [0.15, 0.2) is 0 Å². The molecule has 0 radical (unpaired) electrons. The van der Waals surface area contributed by atoms with E-state index in [-0.39, 0.29) is 6.10 Å². The zero-order valence-electron chi connectivity index (χ0n) is 15.6. The van der Waals surface area contributed by atoms with Crippen molar-refractivity contribution in [1.29, 1.82) is 0 Å². The van der Waals surface area contributed by atoms with Gasteiger partial charge in [0.2, 0.25) is 0 Å². The standard InChI is InChI=1S/C21H39BO/c22-21(15-8-4-1-5-9-16-21)20-18-13-7-3-2-6-11-17(18)12-10-14-19(20)23/h17-20,23H,1-16,22H2. The number of hydrogen-bond acceptors (Lipinski definition) is 1. The maximum Gasteiger partial charge on any atom is 0.109 e. The smallest absolute Gasteiger partial charge is 0.109 e. The molecule has 0 bridgehead atoms. The van der Waals surface area contributed by atoms with Crippen LogP contribution < -0.4 is 0 Å². The molecule has 4 unspecified atom stereocenters. The lowest BCUT2D eigenvalue weighted by Gasteiger charge is -2.47. The molecule has 0 saturated heterocycles. The summed E-state index contributed by atoms with van der Waals surface area (Å²) in [6.07, 6.45) is 22.2. The Morgan fingerprint density at radius 1 is 0.652 bits per heavy atom. The van der Waals surface area contributed by atoms with Crippen LogP contribution in [0.2, 0.25) is 5.31 Å². The highest BCUT2D eigenvalue weighted by atomic mass is 16.3. The second-order valence-electron chi connectivity index (χ2n) is 9.36. The van der Waals surface area contributed by atoms with Gasteiger partial charge in [0.25, 0.3) is 0 Å². The summed E-state index contributed by atoms with van der Waals surface area (Å²) < 4.78 is 0. The molecular formula is C21H39BO. The Balaban J connectivity index is 1.83. The molecule has 3 saturated carbocycles. The highest BCUT2D eigenvalue weighted by molar-refractivity contribution is 6.15. The Morgan fingerprint density at radius 3 is 1.96 bits per heavy atom. The molecule has 1 nitrogen and oxygen atoms in total. The molecule has 0 spiro atoms. The molecule has 3 aliphatic rings. The summed E-state index contributed by atoms with van der Waals surface area (Å²) in [7, 11) is 2.56. The first-order valence-corrected chi connectivity index (χ1v) is 10.9. The van der Waals surface area contributed by atoms with Crippen LogP contribution >= 0.6 is 0 Å². The number of fused-ring (bicyclic) bond motifs is 1. The van der Waals surface area contributed by atoms with Crippen LogP contribution in [0.4, 0.5) is 0 Å². The molecule has 2 heteroatoms. The molecule has 4 atom stereocenters. The molecule has 0 aliphatic heterocycles. The molecule has 0 heterocycles. The van der Waals surface area contributed by atoms with Crippen molar-refractivity contribution in [2.45, 2.75) is 114 Å². The fourth-order valence-electron chi connectivity index (χ4n) is 6.50. The van der Waals surface area contributed by atoms with Crippen LogP contribution in [0.1, 0.15) is 103 Å². The van der Waals surface area contributed by atoms with E-state index in [9.17, 15) is 5.11 Å². The maximum atomic E-state index is 11.1. The van der Waals surface area contributed by atoms with E-state index < -0.39 is 0 Å². The second-order valence-corrected chi connectivity index (χ2v) is 9.36. The largest absolute Gasteiger partial charge is 0.393 e. The molecule has 3 fully saturated rings. The van der Waals surface area contributed by atoms with Gasteiger partial charge in [-0.25, -0.2) is 0 Å². The number of aliphatic hydroxyl groups is 1. The van der Waals surface area contributed by atoms with Crippen molar-refractivity contribution in [2.75, 3.05) is 0 Å². The molecule has 3 rings (SSSR count). The Morgan fingerprint density at radius 2 is 1.22 bits per heavy atom. The Kier molecular flexibility index (Phi) is 6.52.